The van der Waals surface area contributed by atoms with Gasteiger partial charge in [-0.1, -0.05) is 23.7 Å². The van der Waals surface area contributed by atoms with E-state index in [9.17, 15) is 0 Å². The van der Waals surface area contributed by atoms with Crippen LogP contribution in [0, 0.1) is 6.92 Å². The highest BCUT2D eigenvalue weighted by Crippen LogP contribution is 2.33. The van der Waals surface area contributed by atoms with Crippen LogP contribution in [-0.2, 0) is 11.8 Å². The molecule has 2 aromatic rings. The van der Waals surface area contributed by atoms with Gasteiger partial charge in [0.1, 0.15) is 0 Å². The van der Waals surface area contributed by atoms with Crippen LogP contribution < -0.4 is 0 Å². The molecule has 1 nitrogen and oxygen atoms in total. The summed E-state index contributed by atoms with van der Waals surface area (Å²) in [6, 6.07) is 7.74. The van der Waals surface area contributed by atoms with E-state index >= 15 is 0 Å². The van der Waals surface area contributed by atoms with Crippen molar-refractivity contribution < 1.29 is 0 Å². The van der Waals surface area contributed by atoms with Crippen molar-refractivity contribution >= 4 is 46.1 Å². The zero-order valence-electron chi connectivity index (χ0n) is 10.5. The van der Waals surface area contributed by atoms with Gasteiger partial charge in [0.2, 0.25) is 0 Å². The lowest BCUT2D eigenvalue weighted by Crippen LogP contribution is -2.33. The lowest BCUT2D eigenvalue weighted by Gasteiger charge is -2.29. The van der Waals surface area contributed by atoms with Gasteiger partial charge in [0, 0.05) is 39.7 Å². The van der Waals surface area contributed by atoms with Crippen LogP contribution in [0.1, 0.15) is 16.3 Å². The zero-order chi connectivity index (χ0) is 13.9. The summed E-state index contributed by atoms with van der Waals surface area (Å²) in [6.45, 7) is 1.99. The first-order valence-corrected chi connectivity index (χ1v) is 8.21. The fraction of sp³-hybridized carbons (Fsp3) is 0.357. The fourth-order valence-corrected chi connectivity index (χ4v) is 3.87. The van der Waals surface area contributed by atoms with E-state index in [1.165, 1.54) is 0 Å². The van der Waals surface area contributed by atoms with Gasteiger partial charge in [0.15, 0.2) is 0 Å². The standard InChI is InChI=1S/C14H14Cl3NS/c1-10-7-19-13(18-10)6-14(8-15,9-16)11-3-2-4-12(17)5-11/h2-5,7H,6,8-9H2,1H3. The maximum atomic E-state index is 6.22. The molecular formula is C14H14Cl3NS. The van der Waals surface area contributed by atoms with Crippen LogP contribution >= 0.6 is 46.1 Å². The van der Waals surface area contributed by atoms with Gasteiger partial charge in [-0.15, -0.1) is 34.5 Å². The van der Waals surface area contributed by atoms with Gasteiger partial charge in [0.25, 0.3) is 0 Å². The van der Waals surface area contributed by atoms with Crippen molar-refractivity contribution in [2.45, 2.75) is 18.8 Å². The molecule has 0 bridgehead atoms. The Morgan fingerprint density at radius 3 is 2.53 bits per heavy atom. The van der Waals surface area contributed by atoms with Crippen LogP contribution in [0.25, 0.3) is 0 Å². The average Bonchev–Trinajstić information content (AvgIpc) is 2.81. The average molecular weight is 335 g/mol. The topological polar surface area (TPSA) is 12.9 Å². The third kappa shape index (κ3) is 3.43. The summed E-state index contributed by atoms with van der Waals surface area (Å²) in [5.74, 6) is 0.880. The van der Waals surface area contributed by atoms with Gasteiger partial charge in [0.05, 0.1) is 5.01 Å². The molecule has 19 heavy (non-hydrogen) atoms. The number of benzene rings is 1. The zero-order valence-corrected chi connectivity index (χ0v) is 13.6. The molecule has 0 unspecified atom stereocenters. The molecule has 0 aliphatic carbocycles. The summed E-state index contributed by atoms with van der Waals surface area (Å²) in [4.78, 5) is 4.51. The van der Waals surface area contributed by atoms with Crippen LogP contribution in [0.4, 0.5) is 0 Å². The predicted octanol–water partition coefficient (Wildman–Crippen LogP) is 5.06. The Kier molecular flexibility index (Phi) is 5.13. The number of hydrogen-bond acceptors (Lipinski definition) is 2. The largest absolute Gasteiger partial charge is 0.247 e. The Hall–Kier alpha value is -0.280. The number of halogens is 3. The van der Waals surface area contributed by atoms with Crippen molar-refractivity contribution in [3.63, 3.8) is 0 Å². The second-order valence-corrected chi connectivity index (χ2v) is 6.53. The molecule has 2 rings (SSSR count). The number of aryl methyl sites for hydroxylation is 1. The molecule has 0 aliphatic heterocycles. The minimum absolute atomic E-state index is 0.321. The summed E-state index contributed by atoms with van der Waals surface area (Å²) in [6.07, 6.45) is 0.735. The van der Waals surface area contributed by atoms with Crippen LogP contribution in [0.15, 0.2) is 29.6 Å². The molecule has 1 heterocycles. The second kappa shape index (κ2) is 6.45. The van der Waals surface area contributed by atoms with Gasteiger partial charge in [-0.2, -0.15) is 0 Å². The summed E-state index contributed by atoms with van der Waals surface area (Å²) in [5.41, 5.74) is 1.78. The van der Waals surface area contributed by atoms with E-state index in [0.29, 0.717) is 16.8 Å². The maximum absolute atomic E-state index is 6.22. The van der Waals surface area contributed by atoms with Crippen LogP contribution in [0.2, 0.25) is 5.02 Å². The third-order valence-corrected chi connectivity index (χ3v) is 5.33. The van der Waals surface area contributed by atoms with Gasteiger partial charge in [-0.3, -0.25) is 0 Å². The monoisotopic (exact) mass is 333 g/mol. The van der Waals surface area contributed by atoms with E-state index in [1.54, 1.807) is 11.3 Å². The minimum atomic E-state index is -0.321. The Morgan fingerprint density at radius 2 is 2.00 bits per heavy atom. The lowest BCUT2D eigenvalue weighted by molar-refractivity contribution is 0.534. The Bertz CT molecular complexity index is 549. The van der Waals surface area contributed by atoms with Crippen LogP contribution in [0.5, 0.6) is 0 Å². The highest BCUT2D eigenvalue weighted by atomic mass is 35.5. The molecule has 1 aromatic carbocycles. The minimum Gasteiger partial charge on any atom is -0.247 e. The molecule has 0 radical (unpaired) electrons. The Balaban J connectivity index is 2.37. The van der Waals surface area contributed by atoms with Crippen LogP contribution in [0.3, 0.4) is 0 Å². The summed E-state index contributed by atoms with van der Waals surface area (Å²) in [7, 11) is 0. The van der Waals surface area contributed by atoms with E-state index in [4.69, 9.17) is 34.8 Å². The molecule has 0 amide bonds. The number of thiazole rings is 1. The van der Waals surface area contributed by atoms with Gasteiger partial charge < -0.3 is 0 Å². The molecule has 0 saturated carbocycles. The number of alkyl halides is 2. The smallest absolute Gasteiger partial charge is 0.0937 e. The first kappa shape index (κ1) is 15.1. The quantitative estimate of drug-likeness (QED) is 0.696. The second-order valence-electron chi connectivity index (χ2n) is 4.62. The molecule has 0 N–H and O–H groups in total. The third-order valence-electron chi connectivity index (χ3n) is 3.10. The molecule has 102 valence electrons. The number of aromatic nitrogens is 1. The van der Waals surface area contributed by atoms with Crippen molar-refractivity contribution in [1.82, 2.24) is 4.98 Å². The predicted molar refractivity (Wildman–Crippen MR) is 85.1 cm³/mol. The van der Waals surface area contributed by atoms with Crippen molar-refractivity contribution in [2.75, 3.05) is 11.8 Å². The summed E-state index contributed by atoms with van der Waals surface area (Å²) >= 11 is 20.2. The molecular weight excluding hydrogens is 321 g/mol. The fourth-order valence-electron chi connectivity index (χ4n) is 1.98. The molecule has 0 spiro atoms. The highest BCUT2D eigenvalue weighted by Gasteiger charge is 2.32. The molecule has 1 aromatic heterocycles. The van der Waals surface area contributed by atoms with E-state index in [0.717, 1.165) is 22.7 Å². The van der Waals surface area contributed by atoms with Gasteiger partial charge >= 0.3 is 0 Å². The van der Waals surface area contributed by atoms with E-state index in [2.05, 4.69) is 4.98 Å². The van der Waals surface area contributed by atoms with Crippen molar-refractivity contribution in [2.24, 2.45) is 0 Å². The van der Waals surface area contributed by atoms with Crippen LogP contribution in [-0.4, -0.2) is 16.7 Å². The Morgan fingerprint density at radius 1 is 1.26 bits per heavy atom. The van der Waals surface area contributed by atoms with Crippen molar-refractivity contribution in [3.8, 4) is 0 Å². The van der Waals surface area contributed by atoms with Gasteiger partial charge in [-0.25, -0.2) is 4.98 Å². The number of rotatable bonds is 5. The van der Waals surface area contributed by atoms with Crippen molar-refractivity contribution in [3.05, 3.63) is 50.9 Å². The van der Waals surface area contributed by atoms with E-state index in [-0.39, 0.29) is 5.41 Å². The molecule has 0 atom stereocenters. The normalized spacial score (nSPS) is 11.8. The maximum Gasteiger partial charge on any atom is 0.0937 e. The van der Waals surface area contributed by atoms with Crippen molar-refractivity contribution in [1.29, 1.82) is 0 Å². The summed E-state index contributed by atoms with van der Waals surface area (Å²) < 4.78 is 0. The van der Waals surface area contributed by atoms with E-state index < -0.39 is 0 Å². The molecule has 0 fully saturated rings. The summed E-state index contributed by atoms with van der Waals surface area (Å²) in [5, 5.41) is 3.80. The first-order valence-electron chi connectivity index (χ1n) is 5.88. The number of nitrogens with zero attached hydrogens (tertiary/aromatic N) is 1. The molecule has 0 aliphatic rings. The number of hydrogen-bond donors (Lipinski definition) is 0. The Labute approximate surface area is 132 Å². The van der Waals surface area contributed by atoms with E-state index in [1.807, 2.05) is 36.6 Å². The SMILES string of the molecule is Cc1csc(CC(CCl)(CCl)c2cccc(Cl)c2)n1. The highest BCUT2D eigenvalue weighted by molar-refractivity contribution is 7.09. The lowest BCUT2D eigenvalue weighted by atomic mass is 9.81. The molecule has 5 heteroatoms. The first-order chi connectivity index (χ1) is 9.09. The van der Waals surface area contributed by atoms with Gasteiger partial charge in [-0.05, 0) is 24.6 Å². The molecule has 0 saturated heterocycles.